The molecule has 1 amide bonds. The first kappa shape index (κ1) is 19.3. The Bertz CT molecular complexity index is 1070. The summed E-state index contributed by atoms with van der Waals surface area (Å²) in [6.07, 6.45) is 2.25. The number of aromatic nitrogens is 2. The molecule has 1 N–H and O–H groups in total. The molecule has 8 heteroatoms. The van der Waals surface area contributed by atoms with Crippen LogP contribution in [0.2, 0.25) is 5.02 Å². The molecule has 7 nitrogen and oxygen atoms in total. The predicted octanol–water partition coefficient (Wildman–Crippen LogP) is 3.23. The van der Waals surface area contributed by atoms with Crippen LogP contribution in [0.1, 0.15) is 27.6 Å². The highest BCUT2D eigenvalue weighted by molar-refractivity contribution is 6.32. The number of fused-ring (bicyclic) bond motifs is 1. The Morgan fingerprint density at radius 3 is 2.62 bits per heavy atom. The van der Waals surface area contributed by atoms with E-state index in [1.165, 1.54) is 6.20 Å². The van der Waals surface area contributed by atoms with Crippen molar-refractivity contribution in [1.82, 2.24) is 14.7 Å². The molecule has 150 valence electrons. The van der Waals surface area contributed by atoms with Crippen molar-refractivity contribution >= 4 is 17.5 Å². The van der Waals surface area contributed by atoms with E-state index in [-0.39, 0.29) is 12.5 Å². The molecule has 4 rings (SSSR count). The van der Waals surface area contributed by atoms with E-state index in [0.29, 0.717) is 39.9 Å². The largest absolute Gasteiger partial charge is 0.496 e. The van der Waals surface area contributed by atoms with Gasteiger partial charge in [0.1, 0.15) is 17.6 Å². The number of nitrogens with zero attached hydrogens (tertiary/aromatic N) is 3. The number of rotatable bonds is 4. The van der Waals surface area contributed by atoms with Gasteiger partial charge in [0.25, 0.3) is 5.91 Å². The normalized spacial score (nSPS) is 15.7. The zero-order valence-electron chi connectivity index (χ0n) is 16.0. The van der Waals surface area contributed by atoms with Gasteiger partial charge in [-0.05, 0) is 24.3 Å². The number of carbonyl (C=O) groups excluding carboxylic acids is 1. The number of hydrogen-bond donors (Lipinski definition) is 1. The predicted molar refractivity (Wildman–Crippen MR) is 108 cm³/mol. The Hall–Kier alpha value is -3.03. The monoisotopic (exact) mass is 413 g/mol. The Labute approximate surface area is 173 Å². The molecule has 0 spiro atoms. The summed E-state index contributed by atoms with van der Waals surface area (Å²) in [6, 6.07) is 10.8. The van der Waals surface area contributed by atoms with Crippen molar-refractivity contribution < 1.29 is 19.4 Å². The Kier molecular flexibility index (Phi) is 5.17. The molecule has 0 aliphatic carbocycles. The van der Waals surface area contributed by atoms with Gasteiger partial charge in [-0.1, -0.05) is 23.7 Å². The van der Waals surface area contributed by atoms with Gasteiger partial charge in [0, 0.05) is 17.3 Å². The lowest BCUT2D eigenvalue weighted by molar-refractivity contribution is 0.0538. The molecule has 1 aliphatic rings. The minimum absolute atomic E-state index is 0.145. The second kappa shape index (κ2) is 7.77. The Morgan fingerprint density at radius 2 is 1.90 bits per heavy atom. The van der Waals surface area contributed by atoms with Crippen molar-refractivity contribution in [3.8, 4) is 17.2 Å². The average molecular weight is 414 g/mol. The SMILES string of the molecule is COc1ccc(OC)c2c1CN(C(=O)c1cnn(-c3ccccc3Cl)c1)CC2O. The van der Waals surface area contributed by atoms with E-state index in [0.717, 1.165) is 5.56 Å². The van der Waals surface area contributed by atoms with Crippen LogP contribution in [0.5, 0.6) is 11.5 Å². The first-order chi connectivity index (χ1) is 14.0. The van der Waals surface area contributed by atoms with Crippen LogP contribution in [0.25, 0.3) is 5.69 Å². The topological polar surface area (TPSA) is 76.8 Å². The van der Waals surface area contributed by atoms with Crippen molar-refractivity contribution in [2.24, 2.45) is 0 Å². The van der Waals surface area contributed by atoms with Gasteiger partial charge in [-0.2, -0.15) is 5.10 Å². The maximum absolute atomic E-state index is 13.1. The molecule has 0 saturated carbocycles. The van der Waals surface area contributed by atoms with Crippen molar-refractivity contribution in [3.05, 3.63) is 70.5 Å². The summed E-state index contributed by atoms with van der Waals surface area (Å²) in [6.45, 7) is 0.440. The lowest BCUT2D eigenvalue weighted by atomic mass is 9.95. The Balaban J connectivity index is 1.64. The first-order valence-corrected chi connectivity index (χ1v) is 9.42. The number of benzene rings is 2. The second-order valence-electron chi connectivity index (χ2n) is 6.69. The zero-order valence-corrected chi connectivity index (χ0v) is 16.8. The molecule has 0 bridgehead atoms. The van der Waals surface area contributed by atoms with Crippen LogP contribution in [0.3, 0.4) is 0 Å². The smallest absolute Gasteiger partial charge is 0.257 e. The van der Waals surface area contributed by atoms with Crippen molar-refractivity contribution in [1.29, 1.82) is 0 Å². The van der Waals surface area contributed by atoms with Crippen molar-refractivity contribution in [2.75, 3.05) is 20.8 Å². The number of aliphatic hydroxyl groups excluding tert-OH is 1. The Morgan fingerprint density at radius 1 is 1.17 bits per heavy atom. The summed E-state index contributed by atoms with van der Waals surface area (Å²) < 4.78 is 12.4. The standard InChI is InChI=1S/C21H20ClN3O4/c1-28-18-7-8-19(29-2)20-14(18)11-24(12-17(20)26)21(27)13-9-23-25(10-13)16-6-4-3-5-15(16)22/h3-10,17,26H,11-12H2,1-2H3. The molecular formula is C21H20ClN3O4. The number of β-amino-alcohol motifs (C(OH)–C–C–N with tert-alkyl or cyclic N) is 1. The maximum atomic E-state index is 13.1. The van der Waals surface area contributed by atoms with E-state index in [4.69, 9.17) is 21.1 Å². The molecule has 0 radical (unpaired) electrons. The first-order valence-electron chi connectivity index (χ1n) is 9.04. The van der Waals surface area contributed by atoms with Gasteiger partial charge in [-0.15, -0.1) is 0 Å². The number of hydrogen-bond acceptors (Lipinski definition) is 5. The third-order valence-corrected chi connectivity index (χ3v) is 5.33. The minimum atomic E-state index is -0.883. The molecule has 0 fully saturated rings. The van der Waals surface area contributed by atoms with E-state index in [1.54, 1.807) is 48.2 Å². The lowest BCUT2D eigenvalue weighted by Crippen LogP contribution is -2.38. The fraction of sp³-hybridized carbons (Fsp3) is 0.238. The molecule has 29 heavy (non-hydrogen) atoms. The molecule has 2 aromatic carbocycles. The third kappa shape index (κ3) is 3.43. The molecule has 1 unspecified atom stereocenters. The van der Waals surface area contributed by atoms with E-state index in [9.17, 15) is 9.90 Å². The van der Waals surface area contributed by atoms with Crippen LogP contribution >= 0.6 is 11.6 Å². The van der Waals surface area contributed by atoms with Crippen LogP contribution in [-0.4, -0.2) is 46.5 Å². The quantitative estimate of drug-likeness (QED) is 0.710. The minimum Gasteiger partial charge on any atom is -0.496 e. The summed E-state index contributed by atoms with van der Waals surface area (Å²) in [4.78, 5) is 14.7. The summed E-state index contributed by atoms with van der Waals surface area (Å²) >= 11 is 6.22. The summed E-state index contributed by atoms with van der Waals surface area (Å²) in [5, 5.41) is 15.5. The van der Waals surface area contributed by atoms with E-state index >= 15 is 0 Å². The number of carbonyl (C=O) groups is 1. The number of halogens is 1. The van der Waals surface area contributed by atoms with E-state index < -0.39 is 6.10 Å². The van der Waals surface area contributed by atoms with Gasteiger partial charge in [0.05, 0.1) is 49.8 Å². The number of ether oxygens (including phenoxy) is 2. The molecule has 0 saturated heterocycles. The molecule has 1 aromatic heterocycles. The highest BCUT2D eigenvalue weighted by Crippen LogP contribution is 2.39. The number of amides is 1. The van der Waals surface area contributed by atoms with Gasteiger partial charge in [-0.3, -0.25) is 4.79 Å². The maximum Gasteiger partial charge on any atom is 0.257 e. The van der Waals surface area contributed by atoms with E-state index in [1.807, 2.05) is 18.2 Å². The molecule has 1 atom stereocenters. The van der Waals surface area contributed by atoms with Crippen molar-refractivity contribution in [3.63, 3.8) is 0 Å². The number of para-hydroxylation sites is 1. The summed E-state index contributed by atoms with van der Waals surface area (Å²) in [7, 11) is 3.11. The highest BCUT2D eigenvalue weighted by atomic mass is 35.5. The van der Waals surface area contributed by atoms with Crippen LogP contribution in [0.15, 0.2) is 48.8 Å². The molecule has 3 aromatic rings. The fourth-order valence-electron chi connectivity index (χ4n) is 3.62. The third-order valence-electron chi connectivity index (χ3n) is 5.01. The second-order valence-corrected chi connectivity index (χ2v) is 7.10. The van der Waals surface area contributed by atoms with Crippen LogP contribution in [-0.2, 0) is 6.54 Å². The highest BCUT2D eigenvalue weighted by Gasteiger charge is 2.32. The van der Waals surface area contributed by atoms with Gasteiger partial charge < -0.3 is 19.5 Å². The van der Waals surface area contributed by atoms with E-state index in [2.05, 4.69) is 5.10 Å². The fourth-order valence-corrected chi connectivity index (χ4v) is 3.84. The molecule has 1 aliphatic heterocycles. The number of aliphatic hydroxyl groups is 1. The van der Waals surface area contributed by atoms with Crippen molar-refractivity contribution in [2.45, 2.75) is 12.6 Å². The van der Waals surface area contributed by atoms with Gasteiger partial charge >= 0.3 is 0 Å². The zero-order chi connectivity index (χ0) is 20.5. The van der Waals surface area contributed by atoms with Gasteiger partial charge in [0.15, 0.2) is 0 Å². The lowest BCUT2D eigenvalue weighted by Gasteiger charge is -2.33. The number of methoxy groups -OCH3 is 2. The van der Waals surface area contributed by atoms with Crippen LogP contribution < -0.4 is 9.47 Å². The molecular weight excluding hydrogens is 394 g/mol. The van der Waals surface area contributed by atoms with Crippen LogP contribution in [0.4, 0.5) is 0 Å². The summed E-state index contributed by atoms with van der Waals surface area (Å²) in [5.74, 6) is 0.939. The summed E-state index contributed by atoms with van der Waals surface area (Å²) in [5.41, 5.74) is 2.48. The average Bonchev–Trinajstić information content (AvgIpc) is 3.22. The van der Waals surface area contributed by atoms with Crippen LogP contribution in [0, 0.1) is 0 Å². The molecule has 2 heterocycles. The van der Waals surface area contributed by atoms with Gasteiger partial charge in [0.2, 0.25) is 0 Å². The van der Waals surface area contributed by atoms with Gasteiger partial charge in [-0.25, -0.2) is 4.68 Å².